The van der Waals surface area contributed by atoms with Gasteiger partial charge in [0, 0.05) is 17.4 Å². The van der Waals surface area contributed by atoms with E-state index in [9.17, 15) is 5.11 Å². The highest BCUT2D eigenvalue weighted by Crippen LogP contribution is 2.85. The van der Waals surface area contributed by atoms with Crippen LogP contribution in [0.1, 0.15) is 59.3 Å². The van der Waals surface area contributed by atoms with E-state index in [1.807, 2.05) is 0 Å². The second-order valence-electron chi connectivity index (χ2n) is 7.77. The van der Waals surface area contributed by atoms with Gasteiger partial charge < -0.3 is 5.11 Å². The van der Waals surface area contributed by atoms with E-state index in [1.165, 1.54) is 37.7 Å². The maximum absolute atomic E-state index is 9.52. The van der Waals surface area contributed by atoms with Crippen LogP contribution >= 0.6 is 0 Å². The molecule has 1 N–H and O–H groups in total. The third kappa shape index (κ3) is 1.18. The monoisotopic (exact) mass is 248 g/mol. The van der Waals surface area contributed by atoms with E-state index < -0.39 is 0 Å². The van der Waals surface area contributed by atoms with Gasteiger partial charge in [-0.3, -0.25) is 0 Å². The SMILES string of the molecule is C=C1[C@]2(CCO)C(C)CCC3C(C)(C)CCC[C@@]132. The van der Waals surface area contributed by atoms with Gasteiger partial charge in [0.15, 0.2) is 0 Å². The maximum Gasteiger partial charge on any atom is 0.0439 e. The Morgan fingerprint density at radius 3 is 2.67 bits per heavy atom. The average molecular weight is 248 g/mol. The van der Waals surface area contributed by atoms with Crippen molar-refractivity contribution in [1.82, 2.24) is 0 Å². The average Bonchev–Trinajstić information content (AvgIpc) is 2.81. The second kappa shape index (κ2) is 3.62. The lowest BCUT2D eigenvalue weighted by Gasteiger charge is -2.51. The Balaban J connectivity index is 2.04. The molecule has 18 heavy (non-hydrogen) atoms. The molecule has 3 aliphatic carbocycles. The van der Waals surface area contributed by atoms with Crippen LogP contribution in [0.2, 0.25) is 0 Å². The molecule has 0 saturated heterocycles. The van der Waals surface area contributed by atoms with Crippen LogP contribution in [0.5, 0.6) is 0 Å². The maximum atomic E-state index is 9.52. The molecule has 0 aromatic heterocycles. The fourth-order valence-electron chi connectivity index (χ4n) is 6.21. The molecule has 3 saturated carbocycles. The van der Waals surface area contributed by atoms with Crippen LogP contribution in [0.4, 0.5) is 0 Å². The van der Waals surface area contributed by atoms with Gasteiger partial charge in [-0.1, -0.05) is 39.3 Å². The van der Waals surface area contributed by atoms with Crippen molar-refractivity contribution < 1.29 is 5.11 Å². The molecule has 0 aromatic carbocycles. The van der Waals surface area contributed by atoms with Crippen LogP contribution in [0.3, 0.4) is 0 Å². The van der Waals surface area contributed by atoms with Crippen molar-refractivity contribution >= 4 is 0 Å². The fourth-order valence-corrected chi connectivity index (χ4v) is 6.21. The molecule has 0 aromatic rings. The lowest BCUT2D eigenvalue weighted by atomic mass is 9.53. The summed E-state index contributed by atoms with van der Waals surface area (Å²) < 4.78 is 0. The summed E-state index contributed by atoms with van der Waals surface area (Å²) in [6, 6.07) is 0. The molecule has 0 amide bonds. The van der Waals surface area contributed by atoms with Gasteiger partial charge in [-0.05, 0) is 49.4 Å². The molecular weight excluding hydrogens is 220 g/mol. The molecule has 3 fully saturated rings. The van der Waals surface area contributed by atoms with E-state index in [0.717, 1.165) is 18.3 Å². The molecule has 1 spiro atoms. The second-order valence-corrected chi connectivity index (χ2v) is 7.77. The molecule has 1 heteroatoms. The summed E-state index contributed by atoms with van der Waals surface area (Å²) in [5.74, 6) is 1.54. The van der Waals surface area contributed by atoms with E-state index in [-0.39, 0.29) is 0 Å². The van der Waals surface area contributed by atoms with Gasteiger partial charge in [0.1, 0.15) is 0 Å². The highest BCUT2D eigenvalue weighted by atomic mass is 16.3. The molecule has 2 unspecified atom stereocenters. The quantitative estimate of drug-likeness (QED) is 0.727. The first-order valence-electron chi connectivity index (χ1n) is 7.74. The molecule has 0 aliphatic heterocycles. The zero-order valence-electron chi connectivity index (χ0n) is 12.3. The highest BCUT2D eigenvalue weighted by Gasteiger charge is 2.78. The van der Waals surface area contributed by atoms with E-state index in [1.54, 1.807) is 0 Å². The van der Waals surface area contributed by atoms with Crippen LogP contribution in [-0.4, -0.2) is 11.7 Å². The van der Waals surface area contributed by atoms with E-state index in [4.69, 9.17) is 0 Å². The van der Waals surface area contributed by atoms with Crippen molar-refractivity contribution in [3.63, 3.8) is 0 Å². The predicted molar refractivity (Wildman–Crippen MR) is 75.2 cm³/mol. The lowest BCUT2D eigenvalue weighted by molar-refractivity contribution is -0.0286. The van der Waals surface area contributed by atoms with Gasteiger partial charge in [0.25, 0.3) is 0 Å². The van der Waals surface area contributed by atoms with Crippen molar-refractivity contribution in [3.8, 4) is 0 Å². The molecule has 1 nitrogen and oxygen atoms in total. The Morgan fingerprint density at radius 2 is 2.00 bits per heavy atom. The molecule has 102 valence electrons. The Labute approximate surface area is 112 Å². The molecule has 0 radical (unpaired) electrons. The smallest absolute Gasteiger partial charge is 0.0439 e. The summed E-state index contributed by atoms with van der Waals surface area (Å²) in [7, 11) is 0. The molecule has 3 aliphatic rings. The summed E-state index contributed by atoms with van der Waals surface area (Å²) >= 11 is 0. The summed E-state index contributed by atoms with van der Waals surface area (Å²) in [6.45, 7) is 12.1. The number of hydrogen-bond acceptors (Lipinski definition) is 1. The van der Waals surface area contributed by atoms with E-state index in [2.05, 4.69) is 27.4 Å². The molecular formula is C17H28O. The summed E-state index contributed by atoms with van der Waals surface area (Å²) in [6.07, 6.45) is 7.72. The van der Waals surface area contributed by atoms with Crippen LogP contribution in [0, 0.1) is 28.1 Å². The standard InChI is InChI=1S/C17H28O/c1-12-6-7-14-15(3,4)8-5-9-17(14)13(2)16(12,17)10-11-18/h12,14,18H,2,5-11H2,1,3-4H3/t12?,14?,16-,17+/m0/s1. The number of aliphatic hydroxyl groups excluding tert-OH is 1. The van der Waals surface area contributed by atoms with Crippen LogP contribution in [0.15, 0.2) is 12.2 Å². The molecule has 4 atom stereocenters. The first kappa shape index (κ1) is 12.7. The first-order chi connectivity index (χ1) is 8.43. The predicted octanol–water partition coefficient (Wildman–Crippen LogP) is 4.17. The third-order valence-electron chi connectivity index (χ3n) is 6.98. The van der Waals surface area contributed by atoms with Gasteiger partial charge in [-0.2, -0.15) is 0 Å². The van der Waals surface area contributed by atoms with Crippen molar-refractivity contribution in [1.29, 1.82) is 0 Å². The van der Waals surface area contributed by atoms with Gasteiger partial charge in [-0.25, -0.2) is 0 Å². The zero-order chi connectivity index (χ0) is 13.2. The number of allylic oxidation sites excluding steroid dienone is 1. The Morgan fingerprint density at radius 1 is 1.28 bits per heavy atom. The third-order valence-corrected chi connectivity index (χ3v) is 6.98. The minimum Gasteiger partial charge on any atom is -0.396 e. The van der Waals surface area contributed by atoms with Crippen molar-refractivity contribution in [2.24, 2.45) is 28.1 Å². The Bertz CT molecular complexity index is 383. The number of aliphatic hydroxyl groups is 1. The fraction of sp³-hybridized carbons (Fsp3) is 0.882. The van der Waals surface area contributed by atoms with Crippen LogP contribution in [0.25, 0.3) is 0 Å². The normalized spacial score (nSPS) is 49.4. The van der Waals surface area contributed by atoms with E-state index >= 15 is 0 Å². The van der Waals surface area contributed by atoms with Crippen LogP contribution in [-0.2, 0) is 0 Å². The topological polar surface area (TPSA) is 20.2 Å². The van der Waals surface area contributed by atoms with Gasteiger partial charge >= 0.3 is 0 Å². The Kier molecular flexibility index (Phi) is 2.56. The minimum absolute atomic E-state index is 0.294. The minimum atomic E-state index is 0.294. The molecule has 3 rings (SSSR count). The Hall–Kier alpha value is -0.300. The van der Waals surface area contributed by atoms with E-state index in [0.29, 0.717) is 22.9 Å². The van der Waals surface area contributed by atoms with Crippen molar-refractivity contribution in [2.75, 3.05) is 6.61 Å². The van der Waals surface area contributed by atoms with Gasteiger partial charge in [0.2, 0.25) is 0 Å². The molecule has 0 bridgehead atoms. The summed E-state index contributed by atoms with van der Waals surface area (Å²) in [5.41, 5.74) is 2.67. The largest absolute Gasteiger partial charge is 0.396 e. The lowest BCUT2D eigenvalue weighted by Crippen LogP contribution is -2.44. The van der Waals surface area contributed by atoms with Crippen molar-refractivity contribution in [3.05, 3.63) is 12.2 Å². The zero-order valence-corrected chi connectivity index (χ0v) is 12.3. The summed E-state index contributed by atoms with van der Waals surface area (Å²) in [4.78, 5) is 0. The first-order valence-corrected chi connectivity index (χ1v) is 7.74. The number of rotatable bonds is 2. The van der Waals surface area contributed by atoms with Gasteiger partial charge in [0.05, 0.1) is 0 Å². The highest BCUT2D eigenvalue weighted by molar-refractivity contribution is 5.48. The molecule has 0 heterocycles. The van der Waals surface area contributed by atoms with Gasteiger partial charge in [-0.15, -0.1) is 0 Å². The summed E-state index contributed by atoms with van der Waals surface area (Å²) in [5, 5.41) is 9.52. The number of hydrogen-bond donors (Lipinski definition) is 1. The van der Waals surface area contributed by atoms with Crippen molar-refractivity contribution in [2.45, 2.75) is 59.3 Å². The van der Waals surface area contributed by atoms with Crippen LogP contribution < -0.4 is 0 Å².